The molecule has 2 N–H and O–H groups in total. The van der Waals surface area contributed by atoms with Gasteiger partial charge in [-0.25, -0.2) is 0 Å². The topological polar surface area (TPSA) is 41.1 Å². The molecule has 4 heteroatoms. The fraction of sp³-hybridized carbons (Fsp3) is 0.462. The van der Waals surface area contributed by atoms with Gasteiger partial charge in [0.05, 0.1) is 16.8 Å². The highest BCUT2D eigenvalue weighted by Gasteiger charge is 2.45. The van der Waals surface area contributed by atoms with Gasteiger partial charge in [-0.15, -0.1) is 0 Å². The number of amides is 1. The van der Waals surface area contributed by atoms with E-state index in [9.17, 15) is 4.79 Å². The van der Waals surface area contributed by atoms with Crippen LogP contribution < -0.4 is 10.6 Å². The summed E-state index contributed by atoms with van der Waals surface area (Å²) in [5, 5.41) is 6.98. The molecule has 1 aromatic carbocycles. The molecule has 92 valence electrons. The molecule has 3 nitrogen and oxygen atoms in total. The maximum absolute atomic E-state index is 12.2. The van der Waals surface area contributed by atoms with Crippen LogP contribution in [0.1, 0.15) is 27.7 Å². The van der Waals surface area contributed by atoms with Crippen LogP contribution in [0.3, 0.4) is 0 Å². The normalized spacial score (nSPS) is 20.9. The van der Waals surface area contributed by atoms with Crippen molar-refractivity contribution in [3.05, 3.63) is 23.2 Å². The van der Waals surface area contributed by atoms with Crippen LogP contribution in [0.25, 0.3) is 0 Å². The number of rotatable bonds is 0. The Morgan fingerprint density at radius 1 is 1.12 bits per heavy atom. The minimum atomic E-state index is -0.515. The zero-order valence-corrected chi connectivity index (χ0v) is 11.3. The molecule has 0 aliphatic carbocycles. The summed E-state index contributed by atoms with van der Waals surface area (Å²) in [4.78, 5) is 12.2. The van der Waals surface area contributed by atoms with Crippen LogP contribution in [0.4, 0.5) is 11.4 Å². The van der Waals surface area contributed by atoms with Gasteiger partial charge in [0.25, 0.3) is 0 Å². The lowest BCUT2D eigenvalue weighted by atomic mass is 9.74. The average Bonchev–Trinajstić information content (AvgIpc) is 2.25. The van der Waals surface area contributed by atoms with Gasteiger partial charge in [0, 0.05) is 10.6 Å². The lowest BCUT2D eigenvalue weighted by Crippen LogP contribution is -2.50. The third-order valence-corrected chi connectivity index (χ3v) is 4.04. The summed E-state index contributed by atoms with van der Waals surface area (Å²) in [7, 11) is 0. The Labute approximate surface area is 107 Å². The second-order valence-electron chi connectivity index (χ2n) is 5.52. The largest absolute Gasteiger partial charge is 0.377 e. The van der Waals surface area contributed by atoms with E-state index in [-0.39, 0.29) is 11.4 Å². The van der Waals surface area contributed by atoms with E-state index in [2.05, 4.69) is 10.6 Å². The smallest absolute Gasteiger partial charge is 0.232 e. The van der Waals surface area contributed by atoms with Crippen molar-refractivity contribution in [2.24, 2.45) is 5.41 Å². The fourth-order valence-electron chi connectivity index (χ4n) is 1.78. The van der Waals surface area contributed by atoms with E-state index < -0.39 is 5.41 Å². The molecule has 0 unspecified atom stereocenters. The van der Waals surface area contributed by atoms with E-state index in [0.717, 1.165) is 11.4 Å². The summed E-state index contributed by atoms with van der Waals surface area (Å²) in [5.41, 5.74) is 0.769. The molecule has 0 saturated heterocycles. The molecular formula is C13H17ClN2O. The van der Waals surface area contributed by atoms with Crippen LogP contribution in [0, 0.1) is 5.41 Å². The number of carbonyl (C=O) groups excluding carboxylic acids is 1. The summed E-state index contributed by atoms with van der Waals surface area (Å²) >= 11 is 5.98. The van der Waals surface area contributed by atoms with Gasteiger partial charge >= 0.3 is 0 Å². The Kier molecular flexibility index (Phi) is 2.62. The molecule has 17 heavy (non-hydrogen) atoms. The third-order valence-electron chi connectivity index (χ3n) is 3.81. The predicted molar refractivity (Wildman–Crippen MR) is 71.6 cm³/mol. The number of halogens is 1. The summed E-state index contributed by atoms with van der Waals surface area (Å²) in [5.74, 6) is 0.0103. The van der Waals surface area contributed by atoms with Gasteiger partial charge in [0.1, 0.15) is 0 Å². The van der Waals surface area contributed by atoms with Crippen molar-refractivity contribution < 1.29 is 4.79 Å². The highest BCUT2D eigenvalue weighted by atomic mass is 35.5. The molecule has 0 aromatic heterocycles. The third kappa shape index (κ3) is 1.89. The first kappa shape index (κ1) is 12.2. The van der Waals surface area contributed by atoms with E-state index in [4.69, 9.17) is 11.6 Å². The van der Waals surface area contributed by atoms with Gasteiger partial charge in [-0.2, -0.15) is 0 Å². The molecule has 1 aromatic rings. The summed E-state index contributed by atoms with van der Waals surface area (Å²) in [6, 6.07) is 5.42. The van der Waals surface area contributed by atoms with Crippen molar-refractivity contribution in [3.63, 3.8) is 0 Å². The molecule has 0 radical (unpaired) electrons. The zero-order chi connectivity index (χ0) is 12.8. The molecule has 1 heterocycles. The second kappa shape index (κ2) is 3.64. The predicted octanol–water partition coefficient (Wildman–Crippen LogP) is 3.51. The number of anilines is 2. The maximum atomic E-state index is 12.2. The molecular weight excluding hydrogens is 236 g/mol. The Morgan fingerprint density at radius 3 is 2.41 bits per heavy atom. The van der Waals surface area contributed by atoms with Crippen LogP contribution in [0.15, 0.2) is 18.2 Å². The highest BCUT2D eigenvalue weighted by molar-refractivity contribution is 6.31. The van der Waals surface area contributed by atoms with Gasteiger partial charge in [0.2, 0.25) is 5.91 Å². The molecule has 0 bridgehead atoms. The maximum Gasteiger partial charge on any atom is 0.232 e. The number of hydrogen-bond acceptors (Lipinski definition) is 2. The zero-order valence-electron chi connectivity index (χ0n) is 10.5. The lowest BCUT2D eigenvalue weighted by Gasteiger charge is -2.39. The molecule has 2 rings (SSSR count). The first-order valence-corrected chi connectivity index (χ1v) is 6.01. The molecule has 1 amide bonds. The SMILES string of the molecule is CC1(C)Nc2cc(Cl)ccc2NC(=O)C1(C)C. The Bertz CT molecular complexity index is 480. The Balaban J connectivity index is 2.55. The summed E-state index contributed by atoms with van der Waals surface area (Å²) in [6.45, 7) is 7.90. The van der Waals surface area contributed by atoms with Crippen LogP contribution >= 0.6 is 11.6 Å². The number of fused-ring (bicyclic) bond motifs is 1. The molecule has 0 spiro atoms. The molecule has 1 aliphatic heterocycles. The van der Waals surface area contributed by atoms with Crippen molar-refractivity contribution in [2.75, 3.05) is 10.6 Å². The van der Waals surface area contributed by atoms with Gasteiger partial charge < -0.3 is 10.6 Å². The molecule has 1 aliphatic rings. The quantitative estimate of drug-likeness (QED) is 0.742. The van der Waals surface area contributed by atoms with Crippen molar-refractivity contribution in [2.45, 2.75) is 33.2 Å². The van der Waals surface area contributed by atoms with Gasteiger partial charge in [-0.05, 0) is 45.9 Å². The Morgan fingerprint density at radius 2 is 1.76 bits per heavy atom. The minimum Gasteiger partial charge on any atom is -0.377 e. The van der Waals surface area contributed by atoms with Gasteiger partial charge in [-0.3, -0.25) is 4.79 Å². The van der Waals surface area contributed by atoms with E-state index in [1.807, 2.05) is 39.8 Å². The van der Waals surface area contributed by atoms with E-state index in [1.54, 1.807) is 6.07 Å². The first-order chi connectivity index (χ1) is 7.74. The van der Waals surface area contributed by atoms with Crippen LogP contribution in [-0.4, -0.2) is 11.4 Å². The number of nitrogens with one attached hydrogen (secondary N) is 2. The number of carbonyl (C=O) groups is 1. The first-order valence-electron chi connectivity index (χ1n) is 5.63. The van der Waals surface area contributed by atoms with E-state index in [0.29, 0.717) is 5.02 Å². The molecule has 0 atom stereocenters. The van der Waals surface area contributed by atoms with Crippen molar-refractivity contribution in [3.8, 4) is 0 Å². The number of hydrogen-bond donors (Lipinski definition) is 2. The van der Waals surface area contributed by atoms with Crippen molar-refractivity contribution in [1.82, 2.24) is 0 Å². The van der Waals surface area contributed by atoms with Gasteiger partial charge in [0.15, 0.2) is 0 Å². The van der Waals surface area contributed by atoms with Crippen LogP contribution in [-0.2, 0) is 4.79 Å². The van der Waals surface area contributed by atoms with Crippen molar-refractivity contribution >= 4 is 28.9 Å². The lowest BCUT2D eigenvalue weighted by molar-refractivity contribution is -0.126. The Hall–Kier alpha value is -1.22. The van der Waals surface area contributed by atoms with E-state index in [1.165, 1.54) is 0 Å². The monoisotopic (exact) mass is 252 g/mol. The average molecular weight is 253 g/mol. The second-order valence-corrected chi connectivity index (χ2v) is 5.96. The van der Waals surface area contributed by atoms with Crippen LogP contribution in [0.5, 0.6) is 0 Å². The molecule has 0 saturated carbocycles. The fourth-order valence-corrected chi connectivity index (χ4v) is 1.96. The van der Waals surface area contributed by atoms with E-state index >= 15 is 0 Å². The summed E-state index contributed by atoms with van der Waals surface area (Å²) in [6.07, 6.45) is 0. The standard InChI is InChI=1S/C13H17ClN2O/c1-12(2)11(17)15-9-6-5-8(14)7-10(9)16-13(12,3)4/h5-7,16H,1-4H3,(H,15,17). The molecule has 0 fully saturated rings. The highest BCUT2D eigenvalue weighted by Crippen LogP contribution is 2.40. The van der Waals surface area contributed by atoms with Gasteiger partial charge in [-0.1, -0.05) is 11.6 Å². The minimum absolute atomic E-state index is 0.0103. The van der Waals surface area contributed by atoms with Crippen LogP contribution in [0.2, 0.25) is 5.02 Å². The summed E-state index contributed by atoms with van der Waals surface area (Å²) < 4.78 is 0. The number of benzene rings is 1. The van der Waals surface area contributed by atoms with Crippen molar-refractivity contribution in [1.29, 1.82) is 0 Å².